The van der Waals surface area contributed by atoms with Gasteiger partial charge in [0.15, 0.2) is 5.76 Å². The number of benzene rings is 2. The van der Waals surface area contributed by atoms with Crippen molar-refractivity contribution in [1.82, 2.24) is 10.6 Å². The second-order valence-corrected chi connectivity index (χ2v) is 5.87. The van der Waals surface area contributed by atoms with Gasteiger partial charge in [-0.3, -0.25) is 4.79 Å². The van der Waals surface area contributed by atoms with Crippen LogP contribution in [0.4, 0.5) is 0 Å². The van der Waals surface area contributed by atoms with Gasteiger partial charge in [-0.25, -0.2) is 4.79 Å². The first-order valence-corrected chi connectivity index (χ1v) is 8.49. The first-order chi connectivity index (χ1) is 13.1. The third-order valence-electron chi connectivity index (χ3n) is 4.02. The van der Waals surface area contributed by atoms with Crippen LogP contribution in [0.25, 0.3) is 11.0 Å². The monoisotopic (exact) mass is 368 g/mol. The molecule has 0 unspecified atom stereocenters. The number of rotatable bonds is 8. The minimum Gasteiger partial charge on any atom is -0.492 e. The SMILES string of the molecule is CNCc1c(C(=O)NCCOc2ccc(C(=O)O)cc2)oc2ccccc12. The van der Waals surface area contributed by atoms with Gasteiger partial charge in [-0.15, -0.1) is 0 Å². The van der Waals surface area contributed by atoms with Crippen LogP contribution in [0.5, 0.6) is 5.75 Å². The number of hydrogen-bond donors (Lipinski definition) is 3. The van der Waals surface area contributed by atoms with Gasteiger partial charge in [0.25, 0.3) is 5.91 Å². The number of carbonyl (C=O) groups is 2. The van der Waals surface area contributed by atoms with Crippen LogP contribution in [0.3, 0.4) is 0 Å². The molecule has 3 aromatic rings. The Morgan fingerprint density at radius 2 is 1.85 bits per heavy atom. The summed E-state index contributed by atoms with van der Waals surface area (Å²) in [5.74, 6) is -0.469. The molecule has 0 radical (unpaired) electrons. The molecule has 140 valence electrons. The molecule has 1 aromatic heterocycles. The Hall–Kier alpha value is -3.32. The van der Waals surface area contributed by atoms with E-state index in [0.717, 1.165) is 10.9 Å². The average molecular weight is 368 g/mol. The first kappa shape index (κ1) is 18.5. The van der Waals surface area contributed by atoms with E-state index in [0.29, 0.717) is 17.9 Å². The van der Waals surface area contributed by atoms with E-state index in [1.54, 1.807) is 12.1 Å². The van der Waals surface area contributed by atoms with Crippen LogP contribution in [-0.2, 0) is 6.54 Å². The molecule has 0 atom stereocenters. The van der Waals surface area contributed by atoms with E-state index in [1.165, 1.54) is 12.1 Å². The maximum absolute atomic E-state index is 12.5. The lowest BCUT2D eigenvalue weighted by molar-refractivity contribution is 0.0696. The number of para-hydroxylation sites is 1. The van der Waals surface area contributed by atoms with Crippen LogP contribution in [-0.4, -0.2) is 37.2 Å². The van der Waals surface area contributed by atoms with Crippen LogP contribution in [0.15, 0.2) is 52.9 Å². The topological polar surface area (TPSA) is 101 Å². The van der Waals surface area contributed by atoms with Gasteiger partial charge in [-0.05, 0) is 37.4 Å². The molecule has 0 fully saturated rings. The molecule has 1 heterocycles. The van der Waals surface area contributed by atoms with Crippen molar-refractivity contribution >= 4 is 22.8 Å². The molecule has 7 nitrogen and oxygen atoms in total. The Balaban J connectivity index is 1.58. The Kier molecular flexibility index (Phi) is 5.73. The van der Waals surface area contributed by atoms with Crippen LogP contribution in [0, 0.1) is 0 Å². The Morgan fingerprint density at radius 3 is 2.56 bits per heavy atom. The summed E-state index contributed by atoms with van der Waals surface area (Å²) < 4.78 is 11.2. The summed E-state index contributed by atoms with van der Waals surface area (Å²) in [5.41, 5.74) is 1.68. The standard InChI is InChI=1S/C20H20N2O5/c1-21-12-16-15-4-2-3-5-17(15)27-18(16)19(23)22-10-11-26-14-8-6-13(7-9-14)20(24)25/h2-9,21H,10-12H2,1H3,(H,22,23)(H,24,25). The zero-order chi connectivity index (χ0) is 19.2. The largest absolute Gasteiger partial charge is 0.492 e. The highest BCUT2D eigenvalue weighted by molar-refractivity contribution is 5.99. The van der Waals surface area contributed by atoms with Gasteiger partial charge in [-0.1, -0.05) is 18.2 Å². The minimum absolute atomic E-state index is 0.192. The van der Waals surface area contributed by atoms with Gasteiger partial charge in [0.2, 0.25) is 0 Å². The molecule has 0 aliphatic rings. The second-order valence-electron chi connectivity index (χ2n) is 5.87. The van der Waals surface area contributed by atoms with E-state index in [1.807, 2.05) is 31.3 Å². The number of carboxylic acids is 1. The lowest BCUT2D eigenvalue weighted by atomic mass is 10.1. The number of fused-ring (bicyclic) bond motifs is 1. The van der Waals surface area contributed by atoms with Crippen LogP contribution in [0.2, 0.25) is 0 Å². The van der Waals surface area contributed by atoms with Crippen molar-refractivity contribution in [1.29, 1.82) is 0 Å². The van der Waals surface area contributed by atoms with Crippen molar-refractivity contribution in [3.8, 4) is 5.75 Å². The lowest BCUT2D eigenvalue weighted by Crippen LogP contribution is -2.28. The van der Waals surface area contributed by atoms with Crippen molar-refractivity contribution < 1.29 is 23.8 Å². The van der Waals surface area contributed by atoms with Crippen molar-refractivity contribution in [3.63, 3.8) is 0 Å². The fourth-order valence-electron chi connectivity index (χ4n) is 2.74. The van der Waals surface area contributed by atoms with E-state index in [4.69, 9.17) is 14.3 Å². The van der Waals surface area contributed by atoms with Crippen molar-refractivity contribution in [2.24, 2.45) is 0 Å². The minimum atomic E-state index is -0.989. The zero-order valence-corrected chi connectivity index (χ0v) is 14.8. The predicted molar refractivity (Wildman–Crippen MR) is 100 cm³/mol. The third kappa shape index (κ3) is 4.27. The highest BCUT2D eigenvalue weighted by Crippen LogP contribution is 2.25. The molecule has 0 saturated carbocycles. The van der Waals surface area contributed by atoms with Gasteiger partial charge >= 0.3 is 5.97 Å². The molecule has 0 aliphatic heterocycles. The third-order valence-corrected chi connectivity index (χ3v) is 4.02. The van der Waals surface area contributed by atoms with E-state index in [-0.39, 0.29) is 30.4 Å². The number of furan rings is 1. The molecule has 0 spiro atoms. The average Bonchev–Trinajstić information content (AvgIpc) is 3.04. The van der Waals surface area contributed by atoms with Gasteiger partial charge < -0.3 is 24.9 Å². The Bertz CT molecular complexity index is 947. The van der Waals surface area contributed by atoms with Gasteiger partial charge in [0, 0.05) is 17.5 Å². The summed E-state index contributed by atoms with van der Waals surface area (Å²) >= 11 is 0. The highest BCUT2D eigenvalue weighted by Gasteiger charge is 2.19. The van der Waals surface area contributed by atoms with E-state index >= 15 is 0 Å². The molecule has 27 heavy (non-hydrogen) atoms. The molecular formula is C20H20N2O5. The molecular weight excluding hydrogens is 348 g/mol. The number of aromatic carboxylic acids is 1. The van der Waals surface area contributed by atoms with E-state index in [9.17, 15) is 9.59 Å². The number of carbonyl (C=O) groups excluding carboxylic acids is 1. The molecule has 7 heteroatoms. The second kappa shape index (κ2) is 8.37. The van der Waals surface area contributed by atoms with E-state index in [2.05, 4.69) is 10.6 Å². The molecule has 0 aliphatic carbocycles. The first-order valence-electron chi connectivity index (χ1n) is 8.49. The summed E-state index contributed by atoms with van der Waals surface area (Å²) in [6.07, 6.45) is 0. The maximum Gasteiger partial charge on any atom is 0.335 e. The summed E-state index contributed by atoms with van der Waals surface area (Å²) in [4.78, 5) is 23.3. The number of hydrogen-bond acceptors (Lipinski definition) is 5. The number of ether oxygens (including phenoxy) is 1. The van der Waals surface area contributed by atoms with Crippen molar-refractivity contribution in [2.45, 2.75) is 6.54 Å². The van der Waals surface area contributed by atoms with Gasteiger partial charge in [0.05, 0.1) is 12.1 Å². The summed E-state index contributed by atoms with van der Waals surface area (Å²) in [7, 11) is 1.81. The number of amides is 1. The summed E-state index contributed by atoms with van der Waals surface area (Å²) in [6.45, 7) is 1.06. The maximum atomic E-state index is 12.5. The molecule has 0 saturated heterocycles. The Morgan fingerprint density at radius 1 is 1.11 bits per heavy atom. The smallest absolute Gasteiger partial charge is 0.335 e. The normalized spacial score (nSPS) is 10.7. The summed E-state index contributed by atoms with van der Waals surface area (Å²) in [5, 5.41) is 15.6. The van der Waals surface area contributed by atoms with Crippen molar-refractivity contribution in [2.75, 3.05) is 20.2 Å². The molecule has 1 amide bonds. The lowest BCUT2D eigenvalue weighted by Gasteiger charge is -2.08. The van der Waals surface area contributed by atoms with Crippen LogP contribution in [0.1, 0.15) is 26.5 Å². The molecule has 3 N–H and O–H groups in total. The molecule has 3 rings (SSSR count). The van der Waals surface area contributed by atoms with Gasteiger partial charge in [-0.2, -0.15) is 0 Å². The van der Waals surface area contributed by atoms with Gasteiger partial charge in [0.1, 0.15) is 17.9 Å². The highest BCUT2D eigenvalue weighted by atomic mass is 16.5. The molecule has 0 bridgehead atoms. The molecule has 2 aromatic carbocycles. The summed E-state index contributed by atoms with van der Waals surface area (Å²) in [6, 6.07) is 13.6. The van der Waals surface area contributed by atoms with Crippen LogP contribution < -0.4 is 15.4 Å². The zero-order valence-electron chi connectivity index (χ0n) is 14.8. The van der Waals surface area contributed by atoms with E-state index < -0.39 is 5.97 Å². The fourth-order valence-corrected chi connectivity index (χ4v) is 2.74. The van der Waals surface area contributed by atoms with Crippen LogP contribution >= 0.6 is 0 Å². The number of carboxylic acid groups (broad SMARTS) is 1. The fraction of sp³-hybridized carbons (Fsp3) is 0.200. The van der Waals surface area contributed by atoms with Crippen molar-refractivity contribution in [3.05, 3.63) is 65.4 Å². The Labute approximate surface area is 155 Å². The quantitative estimate of drug-likeness (QED) is 0.529. The number of nitrogens with one attached hydrogen (secondary N) is 2. The predicted octanol–water partition coefficient (Wildman–Crippen LogP) is 2.66.